The van der Waals surface area contributed by atoms with E-state index in [4.69, 9.17) is 0 Å². The molecule has 1 saturated heterocycles. The molecule has 2 unspecified atom stereocenters. The number of pyridine rings is 1. The Morgan fingerprint density at radius 1 is 1.18 bits per heavy atom. The molecule has 1 aromatic heterocycles. The number of carboxylic acid groups (broad SMARTS) is 1. The topological polar surface area (TPSA) is 91.6 Å². The number of benzene rings is 1. The Balaban J connectivity index is 1.73. The van der Waals surface area contributed by atoms with Crippen LogP contribution in [0.2, 0.25) is 0 Å². The molecule has 2 amide bonds. The molecule has 0 aliphatic carbocycles. The van der Waals surface area contributed by atoms with Gasteiger partial charge in [0.2, 0.25) is 0 Å². The minimum atomic E-state index is -0.899. The summed E-state index contributed by atoms with van der Waals surface area (Å²) in [5.41, 5.74) is 2.03. The Morgan fingerprint density at radius 2 is 1.89 bits per heavy atom. The summed E-state index contributed by atoms with van der Waals surface area (Å²) in [6, 6.07) is 10.7. The minimum absolute atomic E-state index is 0.0922. The summed E-state index contributed by atoms with van der Waals surface area (Å²) in [5.74, 6) is -1.39. The first-order valence-corrected chi connectivity index (χ1v) is 9.37. The number of hydrogen-bond acceptors (Lipinski definition) is 3. The number of rotatable bonds is 4. The van der Waals surface area contributed by atoms with Gasteiger partial charge in [0.05, 0.1) is 12.5 Å². The lowest BCUT2D eigenvalue weighted by molar-refractivity contribution is -0.143. The Kier molecular flexibility index (Phi) is 5.82. The van der Waals surface area contributed by atoms with E-state index in [2.05, 4.69) is 5.32 Å². The highest BCUT2D eigenvalue weighted by Crippen LogP contribution is 2.22. The Labute approximate surface area is 163 Å². The number of carbonyl (C=O) groups is 2. The van der Waals surface area contributed by atoms with Crippen molar-refractivity contribution in [3.63, 3.8) is 0 Å². The number of amides is 2. The maximum Gasteiger partial charge on any atom is 0.322 e. The quantitative estimate of drug-likeness (QED) is 0.849. The minimum Gasteiger partial charge on any atom is -0.481 e. The first kappa shape index (κ1) is 19.7. The van der Waals surface area contributed by atoms with Crippen molar-refractivity contribution < 1.29 is 14.7 Å². The number of aromatic nitrogens is 1. The van der Waals surface area contributed by atoms with Gasteiger partial charge in [0.1, 0.15) is 5.69 Å². The maximum atomic E-state index is 12.7. The largest absolute Gasteiger partial charge is 0.481 e. The molecule has 148 valence electrons. The van der Waals surface area contributed by atoms with Gasteiger partial charge in [-0.15, -0.1) is 0 Å². The molecular formula is C21H25N3O4. The highest BCUT2D eigenvalue weighted by Gasteiger charge is 2.32. The molecule has 1 aliphatic heterocycles. The van der Waals surface area contributed by atoms with E-state index in [1.807, 2.05) is 38.1 Å². The Morgan fingerprint density at radius 3 is 2.57 bits per heavy atom. The zero-order valence-electron chi connectivity index (χ0n) is 16.1. The normalized spacial score (nSPS) is 19.3. The fourth-order valence-electron chi connectivity index (χ4n) is 3.54. The number of likely N-dealkylation sites (tertiary alicyclic amines) is 1. The van der Waals surface area contributed by atoms with Crippen molar-refractivity contribution >= 4 is 17.7 Å². The van der Waals surface area contributed by atoms with Gasteiger partial charge in [-0.1, -0.05) is 36.8 Å². The zero-order valence-corrected chi connectivity index (χ0v) is 16.1. The number of carbonyl (C=O) groups excluding carboxylic acids is 1. The number of nitrogens with zero attached hydrogens (tertiary/aromatic N) is 2. The molecule has 7 heteroatoms. The van der Waals surface area contributed by atoms with Crippen molar-refractivity contribution in [1.82, 2.24) is 9.47 Å². The molecule has 2 aromatic rings. The molecular weight excluding hydrogens is 358 g/mol. The fourth-order valence-corrected chi connectivity index (χ4v) is 3.54. The van der Waals surface area contributed by atoms with Crippen molar-refractivity contribution in [1.29, 1.82) is 0 Å². The molecule has 1 aromatic carbocycles. The Hall–Kier alpha value is -3.09. The van der Waals surface area contributed by atoms with Crippen LogP contribution in [0.4, 0.5) is 10.5 Å². The number of aliphatic carboxylic acids is 1. The molecule has 0 radical (unpaired) electrons. The first-order valence-electron chi connectivity index (χ1n) is 9.37. The zero-order chi connectivity index (χ0) is 20.3. The van der Waals surface area contributed by atoms with Crippen LogP contribution in [0, 0.1) is 18.8 Å². The van der Waals surface area contributed by atoms with Crippen LogP contribution >= 0.6 is 0 Å². The third-order valence-corrected chi connectivity index (χ3v) is 5.03. The number of urea groups is 1. The van der Waals surface area contributed by atoms with Crippen LogP contribution in [-0.2, 0) is 11.3 Å². The second-order valence-electron chi connectivity index (χ2n) is 7.55. The highest BCUT2D eigenvalue weighted by atomic mass is 16.4. The van der Waals surface area contributed by atoms with Crippen molar-refractivity contribution in [2.45, 2.75) is 26.8 Å². The van der Waals surface area contributed by atoms with Crippen LogP contribution in [0.3, 0.4) is 0 Å². The smallest absolute Gasteiger partial charge is 0.322 e. The number of piperidine rings is 1. The molecule has 7 nitrogen and oxygen atoms in total. The summed E-state index contributed by atoms with van der Waals surface area (Å²) in [7, 11) is 0. The maximum absolute atomic E-state index is 12.7. The molecule has 1 aliphatic rings. The van der Waals surface area contributed by atoms with Gasteiger partial charge in [0.25, 0.3) is 5.56 Å². The van der Waals surface area contributed by atoms with Gasteiger partial charge in [-0.2, -0.15) is 0 Å². The Bertz CT molecular complexity index is 920. The standard InChI is InChI=1S/C21H25N3O4/c1-14-5-7-16(8-6-14)12-23-9-3-4-18(19(23)25)22-21(28)24-11-15(2)10-17(13-24)20(26)27/h3-9,15,17H,10-13H2,1-2H3,(H,22,28)(H,26,27). The summed E-state index contributed by atoms with van der Waals surface area (Å²) >= 11 is 0. The highest BCUT2D eigenvalue weighted by molar-refractivity contribution is 5.89. The average Bonchev–Trinajstić information content (AvgIpc) is 2.66. The molecule has 3 rings (SSSR count). The van der Waals surface area contributed by atoms with E-state index in [-0.39, 0.29) is 23.7 Å². The third kappa shape index (κ3) is 4.60. The molecule has 2 atom stereocenters. The first-order chi connectivity index (χ1) is 13.3. The van der Waals surface area contributed by atoms with E-state index in [1.165, 1.54) is 4.90 Å². The summed E-state index contributed by atoms with van der Waals surface area (Å²) in [6.07, 6.45) is 2.23. The van der Waals surface area contributed by atoms with E-state index >= 15 is 0 Å². The molecule has 28 heavy (non-hydrogen) atoms. The van der Waals surface area contributed by atoms with Crippen molar-refractivity contribution in [2.75, 3.05) is 18.4 Å². The van der Waals surface area contributed by atoms with Gasteiger partial charge in [-0.05, 0) is 37.0 Å². The van der Waals surface area contributed by atoms with Crippen LogP contribution < -0.4 is 10.9 Å². The van der Waals surface area contributed by atoms with Gasteiger partial charge in [-0.3, -0.25) is 9.59 Å². The summed E-state index contributed by atoms with van der Waals surface area (Å²) in [4.78, 5) is 38.1. The van der Waals surface area contributed by atoms with E-state index in [9.17, 15) is 19.5 Å². The van der Waals surface area contributed by atoms with Crippen LogP contribution in [0.5, 0.6) is 0 Å². The SMILES string of the molecule is Cc1ccc(Cn2cccc(NC(=O)N3CC(C)CC(C(=O)O)C3)c2=O)cc1. The number of nitrogens with one attached hydrogen (secondary N) is 1. The van der Waals surface area contributed by atoms with Crippen LogP contribution in [0.15, 0.2) is 47.4 Å². The van der Waals surface area contributed by atoms with Gasteiger partial charge < -0.3 is 19.9 Å². The molecule has 1 fully saturated rings. The molecule has 0 bridgehead atoms. The van der Waals surface area contributed by atoms with Gasteiger partial charge in [-0.25, -0.2) is 4.79 Å². The predicted octanol–water partition coefficient (Wildman–Crippen LogP) is 2.78. The predicted molar refractivity (Wildman–Crippen MR) is 106 cm³/mol. The van der Waals surface area contributed by atoms with Crippen LogP contribution in [-0.4, -0.2) is 39.7 Å². The average molecular weight is 383 g/mol. The monoisotopic (exact) mass is 383 g/mol. The molecule has 2 N–H and O–H groups in total. The number of hydrogen-bond donors (Lipinski definition) is 2. The second kappa shape index (κ2) is 8.29. The number of carboxylic acids is 1. The molecule has 0 spiro atoms. The lowest BCUT2D eigenvalue weighted by atomic mass is 9.91. The van der Waals surface area contributed by atoms with Crippen molar-refractivity contribution in [3.8, 4) is 0 Å². The van der Waals surface area contributed by atoms with Gasteiger partial charge in [0, 0.05) is 19.3 Å². The number of anilines is 1. The summed E-state index contributed by atoms with van der Waals surface area (Å²) < 4.78 is 1.54. The van der Waals surface area contributed by atoms with E-state index in [1.54, 1.807) is 22.9 Å². The lowest BCUT2D eigenvalue weighted by Gasteiger charge is -2.34. The second-order valence-corrected chi connectivity index (χ2v) is 7.55. The fraction of sp³-hybridized carbons (Fsp3) is 0.381. The van der Waals surface area contributed by atoms with E-state index in [0.717, 1.165) is 11.1 Å². The molecule has 2 heterocycles. The van der Waals surface area contributed by atoms with Crippen molar-refractivity contribution in [2.24, 2.45) is 11.8 Å². The molecule has 0 saturated carbocycles. The van der Waals surface area contributed by atoms with E-state index < -0.39 is 17.9 Å². The lowest BCUT2D eigenvalue weighted by Crippen LogP contribution is -2.47. The van der Waals surface area contributed by atoms with Crippen LogP contribution in [0.25, 0.3) is 0 Å². The van der Waals surface area contributed by atoms with Gasteiger partial charge in [0.15, 0.2) is 0 Å². The third-order valence-electron chi connectivity index (χ3n) is 5.03. The van der Waals surface area contributed by atoms with Gasteiger partial charge >= 0.3 is 12.0 Å². The van der Waals surface area contributed by atoms with Crippen LogP contribution in [0.1, 0.15) is 24.5 Å². The summed E-state index contributed by atoms with van der Waals surface area (Å²) in [6.45, 7) is 4.95. The summed E-state index contributed by atoms with van der Waals surface area (Å²) in [5, 5.41) is 11.9. The van der Waals surface area contributed by atoms with Crippen molar-refractivity contribution in [3.05, 3.63) is 64.1 Å². The van der Waals surface area contributed by atoms with E-state index in [0.29, 0.717) is 19.5 Å². The number of aryl methyl sites for hydroxylation is 1.